The molecule has 2 N–H and O–H groups in total. The largest absolute Gasteiger partial charge is 1.00 e. The van der Waals surface area contributed by atoms with Gasteiger partial charge in [-0.15, -0.1) is 0 Å². The molecule has 0 unspecified atom stereocenters. The average Bonchev–Trinajstić information content (AvgIpc) is 3.27. The predicted octanol–water partition coefficient (Wildman–Crippen LogP) is -0.914. The number of nitrogens with zero attached hydrogens (tertiary/aromatic N) is 3. The summed E-state index contributed by atoms with van der Waals surface area (Å²) in [5, 5.41) is 11.0. The number of ether oxygens (including phenoxy) is 2. The molecule has 150 valence electrons. The third-order valence-electron chi connectivity index (χ3n) is 4.64. The Morgan fingerprint density at radius 2 is 2.00 bits per heavy atom. The molecular formula is C19H17BrN4O5. The van der Waals surface area contributed by atoms with E-state index in [0.29, 0.717) is 34.3 Å². The van der Waals surface area contributed by atoms with Crippen molar-refractivity contribution in [1.29, 1.82) is 0 Å². The Morgan fingerprint density at radius 1 is 1.24 bits per heavy atom. The molecule has 0 bridgehead atoms. The summed E-state index contributed by atoms with van der Waals surface area (Å²) >= 11 is 0. The molecule has 0 aliphatic carbocycles. The Kier molecular flexibility index (Phi) is 5.55. The van der Waals surface area contributed by atoms with Crippen LogP contribution in [0.1, 0.15) is 10.4 Å². The Hall–Kier alpha value is -3.40. The van der Waals surface area contributed by atoms with Crippen LogP contribution in [-0.2, 0) is 13.6 Å². The number of benzene rings is 2. The van der Waals surface area contributed by atoms with E-state index in [0.717, 1.165) is 0 Å². The van der Waals surface area contributed by atoms with Crippen LogP contribution in [0.15, 0.2) is 48.7 Å². The molecule has 1 aliphatic heterocycles. The quantitative estimate of drug-likeness (QED) is 0.228. The summed E-state index contributed by atoms with van der Waals surface area (Å²) in [6.07, 6.45) is 1.71. The number of rotatable bonds is 5. The number of aromatic nitrogens is 2. The lowest BCUT2D eigenvalue weighted by atomic mass is 10.1. The van der Waals surface area contributed by atoms with Gasteiger partial charge in [0.1, 0.15) is 18.4 Å². The number of nitro benzene ring substituents is 1. The molecule has 0 saturated heterocycles. The molecule has 1 aliphatic rings. The Morgan fingerprint density at radius 3 is 2.76 bits per heavy atom. The highest BCUT2D eigenvalue weighted by Crippen LogP contribution is 2.32. The van der Waals surface area contributed by atoms with Crippen molar-refractivity contribution in [2.24, 2.45) is 7.05 Å². The van der Waals surface area contributed by atoms with Crippen LogP contribution in [0.2, 0.25) is 0 Å². The minimum Gasteiger partial charge on any atom is -1.00 e. The summed E-state index contributed by atoms with van der Waals surface area (Å²) in [5.41, 5.74) is 7.92. The Bertz CT molecular complexity index is 1110. The van der Waals surface area contributed by atoms with Crippen LogP contribution in [0.4, 0.5) is 11.6 Å². The highest BCUT2D eigenvalue weighted by atomic mass is 79.9. The van der Waals surface area contributed by atoms with Gasteiger partial charge in [-0.1, -0.05) is 12.1 Å². The monoisotopic (exact) mass is 460 g/mol. The number of Topliss-reactive ketones (excluding diaryl/α,β-unsaturated/α-hetero) is 1. The maximum Gasteiger partial charge on any atom is 0.355 e. The lowest BCUT2D eigenvalue weighted by molar-refractivity contribution is -0.667. The second-order valence-corrected chi connectivity index (χ2v) is 6.36. The number of carbonyl (C=O) groups excluding carboxylic acids is 1. The number of fused-ring (bicyclic) bond motifs is 1. The molecule has 0 saturated carbocycles. The fourth-order valence-corrected chi connectivity index (χ4v) is 3.11. The van der Waals surface area contributed by atoms with E-state index in [9.17, 15) is 14.9 Å². The van der Waals surface area contributed by atoms with Crippen LogP contribution in [0.3, 0.4) is 0 Å². The number of nitrogen functional groups attached to an aromatic ring is 1. The number of carbonyl (C=O) groups is 1. The van der Waals surface area contributed by atoms with Crippen molar-refractivity contribution in [3.63, 3.8) is 0 Å². The lowest BCUT2D eigenvalue weighted by Crippen LogP contribution is -3.00. The van der Waals surface area contributed by atoms with E-state index in [1.54, 1.807) is 52.7 Å². The zero-order chi connectivity index (χ0) is 19.8. The van der Waals surface area contributed by atoms with Crippen LogP contribution in [-0.4, -0.2) is 22.1 Å². The second-order valence-electron chi connectivity index (χ2n) is 6.36. The smallest absolute Gasteiger partial charge is 0.355 e. The van der Waals surface area contributed by atoms with Crippen molar-refractivity contribution in [2.75, 3.05) is 12.5 Å². The van der Waals surface area contributed by atoms with Crippen molar-refractivity contribution in [2.45, 2.75) is 6.54 Å². The molecule has 10 heteroatoms. The van der Waals surface area contributed by atoms with E-state index in [1.807, 2.05) is 0 Å². The van der Waals surface area contributed by atoms with Gasteiger partial charge in [-0.3, -0.25) is 20.6 Å². The summed E-state index contributed by atoms with van der Waals surface area (Å²) < 4.78 is 13.9. The molecule has 0 atom stereocenters. The number of anilines is 1. The van der Waals surface area contributed by atoms with Crippen molar-refractivity contribution >= 4 is 17.4 Å². The number of imidazole rings is 1. The van der Waals surface area contributed by atoms with Gasteiger partial charge < -0.3 is 26.5 Å². The molecule has 0 fully saturated rings. The molecule has 0 amide bonds. The third-order valence-corrected chi connectivity index (χ3v) is 4.64. The highest BCUT2D eigenvalue weighted by molar-refractivity contribution is 5.95. The van der Waals surface area contributed by atoms with Crippen LogP contribution < -0.4 is 36.8 Å². The first-order valence-electron chi connectivity index (χ1n) is 8.46. The maximum absolute atomic E-state index is 12.7. The molecule has 1 aromatic heterocycles. The normalized spacial score (nSPS) is 11.8. The maximum atomic E-state index is 12.7. The first kappa shape index (κ1) is 20.3. The molecule has 4 rings (SSSR count). The van der Waals surface area contributed by atoms with Crippen LogP contribution in [0.5, 0.6) is 11.5 Å². The van der Waals surface area contributed by atoms with Crippen LogP contribution in [0.25, 0.3) is 11.3 Å². The van der Waals surface area contributed by atoms with E-state index in [4.69, 9.17) is 15.2 Å². The molecule has 0 radical (unpaired) electrons. The number of ketones is 1. The fourth-order valence-electron chi connectivity index (χ4n) is 3.11. The number of halogens is 1. The van der Waals surface area contributed by atoms with Gasteiger partial charge in [0.2, 0.25) is 6.79 Å². The number of non-ortho nitro benzene ring substituents is 1. The van der Waals surface area contributed by atoms with Gasteiger partial charge in [0, 0.05) is 23.3 Å². The number of hydrogen-bond acceptors (Lipinski definition) is 6. The van der Waals surface area contributed by atoms with Gasteiger partial charge in [-0.05, 0) is 18.2 Å². The van der Waals surface area contributed by atoms with E-state index in [1.165, 1.54) is 12.1 Å². The minimum absolute atomic E-state index is 0. The molecule has 3 aromatic rings. The van der Waals surface area contributed by atoms with Crippen molar-refractivity contribution in [3.8, 4) is 22.8 Å². The van der Waals surface area contributed by atoms with E-state index >= 15 is 0 Å². The molecule has 9 nitrogen and oxygen atoms in total. The molecule has 2 aromatic carbocycles. The topological polar surface area (TPSA) is 114 Å². The van der Waals surface area contributed by atoms with Gasteiger partial charge in [-0.25, -0.2) is 9.13 Å². The SMILES string of the molecule is Cn1c(-c2cccc([N+](=O)[O-])c2)c[n+](CC(=O)c2ccc3c(c2)OCO3)c1N.[Br-]. The summed E-state index contributed by atoms with van der Waals surface area (Å²) in [5.74, 6) is 1.35. The number of nitro groups is 1. The van der Waals surface area contributed by atoms with Gasteiger partial charge in [0.25, 0.3) is 5.69 Å². The summed E-state index contributed by atoms with van der Waals surface area (Å²) in [4.78, 5) is 23.3. The van der Waals surface area contributed by atoms with Gasteiger partial charge in [-0.2, -0.15) is 0 Å². The first-order chi connectivity index (χ1) is 13.4. The van der Waals surface area contributed by atoms with Gasteiger partial charge in [0.05, 0.1) is 12.0 Å². The molecule has 0 spiro atoms. The van der Waals surface area contributed by atoms with Crippen molar-refractivity contribution in [3.05, 3.63) is 64.3 Å². The van der Waals surface area contributed by atoms with E-state index in [2.05, 4.69) is 0 Å². The number of nitrogens with two attached hydrogens (primary N) is 1. The Labute approximate surface area is 176 Å². The van der Waals surface area contributed by atoms with E-state index < -0.39 is 4.92 Å². The standard InChI is InChI=1S/C19H16N4O5.BrH/c1-21-15(12-3-2-4-14(7-12)23(25)26)9-22(19(21)20)10-16(24)13-5-6-17-18(8-13)28-11-27-17;/h2-9,20H,10-11H2,1H3;1H. The molecule has 29 heavy (non-hydrogen) atoms. The van der Waals surface area contributed by atoms with Crippen molar-refractivity contribution < 1.29 is 40.7 Å². The summed E-state index contributed by atoms with van der Waals surface area (Å²) in [6.45, 7) is 0.161. The zero-order valence-electron chi connectivity index (χ0n) is 15.4. The minimum atomic E-state index is -0.451. The number of hydrogen-bond donors (Lipinski definition) is 1. The first-order valence-corrected chi connectivity index (χ1v) is 8.46. The van der Waals surface area contributed by atoms with Crippen molar-refractivity contribution in [1.82, 2.24) is 4.57 Å². The highest BCUT2D eigenvalue weighted by Gasteiger charge is 2.23. The predicted molar refractivity (Wildman–Crippen MR) is 99.0 cm³/mol. The zero-order valence-corrected chi connectivity index (χ0v) is 17.0. The van der Waals surface area contributed by atoms with Gasteiger partial charge >= 0.3 is 5.95 Å². The van der Waals surface area contributed by atoms with Gasteiger partial charge in [0.15, 0.2) is 17.3 Å². The summed E-state index contributed by atoms with van der Waals surface area (Å²) in [7, 11) is 1.74. The molecular weight excluding hydrogens is 444 g/mol. The molecule has 2 heterocycles. The fraction of sp³-hybridized carbons (Fsp3) is 0.158. The summed E-state index contributed by atoms with van der Waals surface area (Å²) in [6, 6.07) is 11.3. The van der Waals surface area contributed by atoms with Crippen LogP contribution in [0, 0.1) is 10.1 Å². The van der Waals surface area contributed by atoms with Crippen LogP contribution >= 0.6 is 0 Å². The lowest BCUT2D eigenvalue weighted by Gasteiger charge is -2.02. The second kappa shape index (κ2) is 7.92. The average molecular weight is 461 g/mol. The van der Waals surface area contributed by atoms with E-state index in [-0.39, 0.29) is 41.8 Å². The third kappa shape index (κ3) is 3.79. The Balaban J connectivity index is 0.00000240.